The summed E-state index contributed by atoms with van der Waals surface area (Å²) >= 11 is 1.55. The van der Waals surface area contributed by atoms with Crippen LogP contribution in [0.3, 0.4) is 0 Å². The number of aryl methyl sites for hydroxylation is 1. The van der Waals surface area contributed by atoms with Gasteiger partial charge in [0.15, 0.2) is 5.76 Å². The topological polar surface area (TPSA) is 87.2 Å². The van der Waals surface area contributed by atoms with E-state index in [1.165, 1.54) is 5.56 Å². The Kier molecular flexibility index (Phi) is 6.87. The van der Waals surface area contributed by atoms with Crippen molar-refractivity contribution in [1.82, 2.24) is 24.5 Å². The van der Waals surface area contributed by atoms with E-state index in [1.807, 2.05) is 55.7 Å². The van der Waals surface area contributed by atoms with Crippen molar-refractivity contribution in [2.24, 2.45) is 0 Å². The SMILES string of the molecule is COc1cc(COc2cccc(-c3ccc(CN4CCOCC4)cn3)c2)c2cc(-c3cn4nc(C)sc4n3)oc2c1. The Morgan fingerprint density at radius 1 is 1.00 bits per heavy atom. The minimum Gasteiger partial charge on any atom is -0.497 e. The average Bonchev–Trinajstić information content (AvgIpc) is 3.70. The number of rotatable bonds is 8. The number of nitrogens with zero attached hydrogens (tertiary/aromatic N) is 5. The Bertz CT molecular complexity index is 1790. The third-order valence-electron chi connectivity index (χ3n) is 7.19. The number of methoxy groups -OCH3 is 1. The van der Waals surface area contributed by atoms with Crippen LogP contribution in [0, 0.1) is 6.92 Å². The summed E-state index contributed by atoms with van der Waals surface area (Å²) in [7, 11) is 1.65. The molecule has 5 heterocycles. The predicted octanol–water partition coefficient (Wildman–Crippen LogP) is 5.99. The van der Waals surface area contributed by atoms with Crippen LogP contribution in [0.4, 0.5) is 0 Å². The molecule has 0 N–H and O–H groups in total. The fourth-order valence-electron chi connectivity index (χ4n) is 5.08. The lowest BCUT2D eigenvalue weighted by molar-refractivity contribution is 0.0341. The summed E-state index contributed by atoms with van der Waals surface area (Å²) in [4.78, 5) is 12.6. The fourth-order valence-corrected chi connectivity index (χ4v) is 5.80. The van der Waals surface area contributed by atoms with Gasteiger partial charge in [-0.15, -0.1) is 0 Å². The van der Waals surface area contributed by atoms with Gasteiger partial charge in [-0.2, -0.15) is 5.10 Å². The number of fused-ring (bicyclic) bond motifs is 2. The number of benzene rings is 2. The molecule has 0 aliphatic carbocycles. The van der Waals surface area contributed by atoms with E-state index in [4.69, 9.17) is 23.6 Å². The third-order valence-corrected chi connectivity index (χ3v) is 8.03. The second-order valence-electron chi connectivity index (χ2n) is 10.0. The quantitative estimate of drug-likeness (QED) is 0.222. The van der Waals surface area contributed by atoms with Gasteiger partial charge in [-0.25, -0.2) is 9.50 Å². The molecule has 4 aromatic heterocycles. The predicted molar refractivity (Wildman–Crippen MR) is 157 cm³/mol. The lowest BCUT2D eigenvalue weighted by Gasteiger charge is -2.26. The number of hydrogen-bond acceptors (Lipinski definition) is 9. The van der Waals surface area contributed by atoms with Crippen molar-refractivity contribution >= 4 is 27.3 Å². The Labute approximate surface area is 240 Å². The zero-order valence-electron chi connectivity index (χ0n) is 22.9. The molecular formula is C31H29N5O4S. The third kappa shape index (κ3) is 5.41. The van der Waals surface area contributed by atoms with Crippen LogP contribution in [0.2, 0.25) is 0 Å². The van der Waals surface area contributed by atoms with Gasteiger partial charge in [0.25, 0.3) is 0 Å². The number of aromatic nitrogens is 4. The molecule has 1 saturated heterocycles. The molecule has 0 saturated carbocycles. The lowest BCUT2D eigenvalue weighted by atomic mass is 10.1. The molecule has 9 nitrogen and oxygen atoms in total. The summed E-state index contributed by atoms with van der Waals surface area (Å²) in [5.41, 5.74) is 5.53. The van der Waals surface area contributed by atoms with Crippen LogP contribution in [0.1, 0.15) is 16.1 Å². The van der Waals surface area contributed by atoms with Gasteiger partial charge in [-0.05, 0) is 42.8 Å². The highest BCUT2D eigenvalue weighted by molar-refractivity contribution is 7.16. The van der Waals surface area contributed by atoms with E-state index in [9.17, 15) is 0 Å². The van der Waals surface area contributed by atoms with Crippen LogP contribution in [0.15, 0.2) is 71.4 Å². The molecule has 0 spiro atoms. The number of pyridine rings is 1. The first kappa shape index (κ1) is 25.7. The molecule has 6 aromatic rings. The number of imidazole rings is 1. The van der Waals surface area contributed by atoms with Crippen LogP contribution in [-0.2, 0) is 17.9 Å². The molecule has 0 unspecified atom stereocenters. The largest absolute Gasteiger partial charge is 0.497 e. The molecular weight excluding hydrogens is 538 g/mol. The van der Waals surface area contributed by atoms with Crippen molar-refractivity contribution in [3.8, 4) is 34.2 Å². The number of furan rings is 1. The minimum absolute atomic E-state index is 0.348. The van der Waals surface area contributed by atoms with Crippen LogP contribution < -0.4 is 9.47 Å². The van der Waals surface area contributed by atoms with Gasteiger partial charge in [0.1, 0.15) is 34.4 Å². The monoisotopic (exact) mass is 567 g/mol. The molecule has 7 rings (SSSR count). The average molecular weight is 568 g/mol. The molecule has 1 aliphatic rings. The van der Waals surface area contributed by atoms with E-state index in [-0.39, 0.29) is 0 Å². The lowest BCUT2D eigenvalue weighted by Crippen LogP contribution is -2.35. The van der Waals surface area contributed by atoms with E-state index in [2.05, 4.69) is 33.2 Å². The van der Waals surface area contributed by atoms with Crippen molar-refractivity contribution in [2.75, 3.05) is 33.4 Å². The number of ether oxygens (including phenoxy) is 3. The molecule has 0 atom stereocenters. The standard InChI is InChI=1S/C31H29N5O4S/c1-20-34-36-18-28(33-31(36)41-20)30-15-26-23(13-25(37-2)14-29(26)40-30)19-39-24-5-3-4-22(12-24)27-7-6-21(16-32-27)17-35-8-10-38-11-9-35/h3-7,12-16,18H,8-11,17,19H2,1-2H3. The Morgan fingerprint density at radius 3 is 2.71 bits per heavy atom. The fraction of sp³-hybridized carbons (Fsp3) is 0.258. The van der Waals surface area contributed by atoms with Crippen molar-refractivity contribution in [1.29, 1.82) is 0 Å². The van der Waals surface area contributed by atoms with Crippen molar-refractivity contribution in [2.45, 2.75) is 20.1 Å². The van der Waals surface area contributed by atoms with Gasteiger partial charge in [-0.1, -0.05) is 29.5 Å². The zero-order chi connectivity index (χ0) is 27.8. The number of hydrogen-bond donors (Lipinski definition) is 0. The minimum atomic E-state index is 0.348. The van der Waals surface area contributed by atoms with Gasteiger partial charge in [0.05, 0.1) is 32.2 Å². The first-order chi connectivity index (χ1) is 20.1. The zero-order valence-corrected chi connectivity index (χ0v) is 23.7. The second-order valence-corrected chi connectivity index (χ2v) is 11.2. The van der Waals surface area contributed by atoms with E-state index in [0.29, 0.717) is 23.7 Å². The highest BCUT2D eigenvalue weighted by Gasteiger charge is 2.17. The van der Waals surface area contributed by atoms with Crippen LogP contribution in [-0.4, -0.2) is 57.9 Å². The number of morpholine rings is 1. The summed E-state index contributed by atoms with van der Waals surface area (Å²) < 4.78 is 25.3. The molecule has 0 radical (unpaired) electrons. The van der Waals surface area contributed by atoms with E-state index in [0.717, 1.165) is 76.5 Å². The molecule has 2 aromatic carbocycles. The van der Waals surface area contributed by atoms with Gasteiger partial charge in [0.2, 0.25) is 4.96 Å². The summed E-state index contributed by atoms with van der Waals surface area (Å²) in [5.74, 6) is 2.14. The normalized spacial score (nSPS) is 14.2. The van der Waals surface area contributed by atoms with Gasteiger partial charge >= 0.3 is 0 Å². The first-order valence-corrected chi connectivity index (χ1v) is 14.3. The van der Waals surface area contributed by atoms with Gasteiger partial charge in [-0.3, -0.25) is 9.88 Å². The van der Waals surface area contributed by atoms with E-state index in [1.54, 1.807) is 23.0 Å². The summed E-state index contributed by atoms with van der Waals surface area (Å²) in [6.45, 7) is 6.71. The smallest absolute Gasteiger partial charge is 0.212 e. The van der Waals surface area contributed by atoms with E-state index >= 15 is 0 Å². The molecule has 1 aliphatic heterocycles. The van der Waals surface area contributed by atoms with Gasteiger partial charge in [0, 0.05) is 48.4 Å². The van der Waals surface area contributed by atoms with Crippen molar-refractivity contribution < 1.29 is 18.6 Å². The van der Waals surface area contributed by atoms with E-state index < -0.39 is 0 Å². The van der Waals surface area contributed by atoms with Crippen molar-refractivity contribution in [3.05, 3.63) is 83.1 Å². The Balaban J connectivity index is 1.10. The highest BCUT2D eigenvalue weighted by Crippen LogP contribution is 2.34. The van der Waals surface area contributed by atoms with Crippen LogP contribution >= 0.6 is 11.3 Å². The molecule has 10 heteroatoms. The summed E-state index contributed by atoms with van der Waals surface area (Å²) in [5, 5.41) is 6.38. The highest BCUT2D eigenvalue weighted by atomic mass is 32.1. The maximum absolute atomic E-state index is 6.28. The maximum atomic E-state index is 6.28. The Morgan fingerprint density at radius 2 is 1.90 bits per heavy atom. The van der Waals surface area contributed by atoms with Gasteiger partial charge < -0.3 is 18.6 Å². The van der Waals surface area contributed by atoms with Crippen molar-refractivity contribution in [3.63, 3.8) is 0 Å². The molecule has 208 valence electrons. The Hall–Kier alpha value is -4.25. The second kappa shape index (κ2) is 11.0. The summed E-state index contributed by atoms with van der Waals surface area (Å²) in [6, 6.07) is 18.1. The molecule has 41 heavy (non-hydrogen) atoms. The molecule has 0 amide bonds. The maximum Gasteiger partial charge on any atom is 0.212 e. The first-order valence-electron chi connectivity index (χ1n) is 13.5. The van der Waals surface area contributed by atoms with Crippen LogP contribution in [0.25, 0.3) is 38.6 Å². The molecule has 0 bridgehead atoms. The van der Waals surface area contributed by atoms with Crippen LogP contribution in [0.5, 0.6) is 11.5 Å². The summed E-state index contributed by atoms with van der Waals surface area (Å²) in [6.07, 6.45) is 3.85. The molecule has 1 fully saturated rings.